The van der Waals surface area contributed by atoms with Crippen molar-refractivity contribution < 1.29 is 22.7 Å². The summed E-state index contributed by atoms with van der Waals surface area (Å²) in [5, 5.41) is 4.00. The Bertz CT molecular complexity index is 1320. The van der Waals surface area contributed by atoms with Gasteiger partial charge in [0.25, 0.3) is 15.9 Å². The van der Waals surface area contributed by atoms with Gasteiger partial charge >= 0.3 is 0 Å². The van der Waals surface area contributed by atoms with Crippen molar-refractivity contribution >= 4 is 27.8 Å². The van der Waals surface area contributed by atoms with E-state index in [1.165, 1.54) is 18.3 Å². The minimum absolute atomic E-state index is 0.0950. The standard InChI is InChI=1S/C25H25N3O5S/c1-18-11-12-21(15-19(18)2)28(34(30,31)22-8-4-3-5-9-22)17-24(29)27-26-16-20-7-6-10-23-25(20)33-14-13-32-23/h3-12,15-16H,13-14,17H2,1-2H3,(H,27,29)/b26-16+. The van der Waals surface area contributed by atoms with Gasteiger partial charge in [-0.2, -0.15) is 5.10 Å². The fourth-order valence-electron chi connectivity index (χ4n) is 3.45. The van der Waals surface area contributed by atoms with Crippen LogP contribution < -0.4 is 19.2 Å². The van der Waals surface area contributed by atoms with Crippen LogP contribution in [-0.4, -0.2) is 40.3 Å². The van der Waals surface area contributed by atoms with E-state index in [9.17, 15) is 13.2 Å². The Morgan fingerprint density at radius 2 is 1.76 bits per heavy atom. The van der Waals surface area contributed by atoms with Gasteiger partial charge in [-0.15, -0.1) is 0 Å². The van der Waals surface area contributed by atoms with E-state index in [0.29, 0.717) is 36.0 Å². The molecule has 3 aromatic carbocycles. The van der Waals surface area contributed by atoms with Crippen LogP contribution in [0.4, 0.5) is 5.69 Å². The molecule has 0 bridgehead atoms. The number of hydrazone groups is 1. The Morgan fingerprint density at radius 1 is 1.00 bits per heavy atom. The summed E-state index contributed by atoms with van der Waals surface area (Å²) in [7, 11) is -3.98. The smallest absolute Gasteiger partial charge is 0.264 e. The summed E-state index contributed by atoms with van der Waals surface area (Å²) in [6.45, 7) is 4.28. The number of para-hydroxylation sites is 1. The quantitative estimate of drug-likeness (QED) is 0.414. The van der Waals surface area contributed by atoms with Crippen LogP contribution in [0.2, 0.25) is 0 Å². The van der Waals surface area contributed by atoms with Crippen LogP contribution >= 0.6 is 0 Å². The van der Waals surface area contributed by atoms with Crippen molar-refractivity contribution in [2.24, 2.45) is 5.10 Å². The lowest BCUT2D eigenvalue weighted by Gasteiger charge is -2.24. The molecule has 0 radical (unpaired) electrons. The van der Waals surface area contributed by atoms with Crippen molar-refractivity contribution in [3.63, 3.8) is 0 Å². The van der Waals surface area contributed by atoms with E-state index in [4.69, 9.17) is 9.47 Å². The minimum atomic E-state index is -3.98. The number of anilines is 1. The molecule has 1 heterocycles. The monoisotopic (exact) mass is 479 g/mol. The molecule has 1 amide bonds. The summed E-state index contributed by atoms with van der Waals surface area (Å²) in [6, 6.07) is 18.7. The summed E-state index contributed by atoms with van der Waals surface area (Å²) in [4.78, 5) is 12.8. The van der Waals surface area contributed by atoms with Crippen molar-refractivity contribution in [1.29, 1.82) is 0 Å². The molecule has 0 saturated carbocycles. The SMILES string of the molecule is Cc1ccc(N(CC(=O)N/N=C/c2cccc3c2OCCO3)S(=O)(=O)c2ccccc2)cc1C. The van der Waals surface area contributed by atoms with Gasteiger partial charge in [-0.1, -0.05) is 30.3 Å². The molecule has 0 spiro atoms. The van der Waals surface area contributed by atoms with Crippen LogP contribution in [0, 0.1) is 13.8 Å². The number of amides is 1. The Labute approximate surface area is 198 Å². The molecule has 0 saturated heterocycles. The third-order valence-corrected chi connectivity index (χ3v) is 7.17. The first kappa shape index (κ1) is 23.3. The van der Waals surface area contributed by atoms with Crippen LogP contribution in [0.15, 0.2) is 76.7 Å². The third-order valence-electron chi connectivity index (χ3n) is 5.39. The van der Waals surface area contributed by atoms with Gasteiger partial charge in [0.2, 0.25) is 0 Å². The number of carbonyl (C=O) groups is 1. The summed E-state index contributed by atoms with van der Waals surface area (Å²) in [5.41, 5.74) is 5.39. The van der Waals surface area contributed by atoms with Gasteiger partial charge < -0.3 is 9.47 Å². The molecule has 1 aliphatic rings. The van der Waals surface area contributed by atoms with Crippen LogP contribution in [0.3, 0.4) is 0 Å². The van der Waals surface area contributed by atoms with Crippen molar-refractivity contribution in [3.05, 3.63) is 83.4 Å². The summed E-state index contributed by atoms with van der Waals surface area (Å²) in [6.07, 6.45) is 1.44. The lowest BCUT2D eigenvalue weighted by Crippen LogP contribution is -2.39. The maximum Gasteiger partial charge on any atom is 0.264 e. The lowest BCUT2D eigenvalue weighted by atomic mass is 10.1. The third kappa shape index (κ3) is 5.04. The number of fused-ring (bicyclic) bond motifs is 1. The number of aryl methyl sites for hydroxylation is 2. The average Bonchev–Trinajstić information content (AvgIpc) is 2.85. The second kappa shape index (κ2) is 9.96. The lowest BCUT2D eigenvalue weighted by molar-refractivity contribution is -0.119. The van der Waals surface area contributed by atoms with E-state index in [-0.39, 0.29) is 4.90 Å². The largest absolute Gasteiger partial charge is 0.486 e. The van der Waals surface area contributed by atoms with Gasteiger partial charge in [0.15, 0.2) is 11.5 Å². The molecular weight excluding hydrogens is 454 g/mol. The van der Waals surface area contributed by atoms with E-state index in [1.807, 2.05) is 19.9 Å². The Balaban J connectivity index is 1.56. The highest BCUT2D eigenvalue weighted by molar-refractivity contribution is 7.92. The molecule has 1 aliphatic heterocycles. The molecule has 0 atom stereocenters. The zero-order valence-corrected chi connectivity index (χ0v) is 19.7. The second-order valence-corrected chi connectivity index (χ2v) is 9.62. The highest BCUT2D eigenvalue weighted by atomic mass is 32.2. The number of hydrogen-bond acceptors (Lipinski definition) is 6. The number of ether oxygens (including phenoxy) is 2. The van der Waals surface area contributed by atoms with Crippen LogP contribution in [-0.2, 0) is 14.8 Å². The molecule has 8 nitrogen and oxygen atoms in total. The van der Waals surface area contributed by atoms with Crippen LogP contribution in [0.25, 0.3) is 0 Å². The number of hydrogen-bond donors (Lipinski definition) is 1. The Kier molecular flexibility index (Phi) is 6.83. The second-order valence-electron chi connectivity index (χ2n) is 7.76. The maximum atomic E-state index is 13.4. The number of benzene rings is 3. The van der Waals surface area contributed by atoms with E-state index in [0.717, 1.165) is 15.4 Å². The van der Waals surface area contributed by atoms with Crippen LogP contribution in [0.1, 0.15) is 16.7 Å². The summed E-state index contributed by atoms with van der Waals surface area (Å²) in [5.74, 6) is 0.572. The van der Waals surface area contributed by atoms with Gasteiger partial charge in [0, 0.05) is 5.56 Å². The molecule has 0 aliphatic carbocycles. The maximum absolute atomic E-state index is 13.4. The fraction of sp³-hybridized carbons (Fsp3) is 0.200. The molecule has 0 fully saturated rings. The zero-order chi connectivity index (χ0) is 24.1. The first-order chi connectivity index (χ1) is 16.4. The number of sulfonamides is 1. The van der Waals surface area contributed by atoms with E-state index >= 15 is 0 Å². The van der Waals surface area contributed by atoms with Gasteiger partial charge in [-0.25, -0.2) is 13.8 Å². The van der Waals surface area contributed by atoms with Crippen molar-refractivity contribution in [3.8, 4) is 11.5 Å². The van der Waals surface area contributed by atoms with Gasteiger partial charge in [-0.05, 0) is 61.4 Å². The zero-order valence-electron chi connectivity index (χ0n) is 18.9. The molecule has 9 heteroatoms. The molecular formula is C25H25N3O5S. The molecule has 176 valence electrons. The average molecular weight is 480 g/mol. The number of nitrogens with one attached hydrogen (secondary N) is 1. The summed E-state index contributed by atoms with van der Waals surface area (Å²) >= 11 is 0. The first-order valence-electron chi connectivity index (χ1n) is 10.7. The number of carbonyl (C=O) groups excluding carboxylic acids is 1. The van der Waals surface area contributed by atoms with Gasteiger partial charge in [0.05, 0.1) is 16.8 Å². The number of rotatable bonds is 7. The van der Waals surface area contributed by atoms with Gasteiger partial charge in [0.1, 0.15) is 19.8 Å². The minimum Gasteiger partial charge on any atom is -0.486 e. The molecule has 0 aromatic heterocycles. The number of nitrogens with zero attached hydrogens (tertiary/aromatic N) is 2. The first-order valence-corrected chi connectivity index (χ1v) is 12.2. The predicted molar refractivity (Wildman–Crippen MR) is 130 cm³/mol. The molecule has 34 heavy (non-hydrogen) atoms. The highest BCUT2D eigenvalue weighted by Gasteiger charge is 2.27. The normalized spacial score (nSPS) is 13.0. The van der Waals surface area contributed by atoms with Crippen molar-refractivity contribution in [2.75, 3.05) is 24.1 Å². The molecule has 4 rings (SSSR count). The van der Waals surface area contributed by atoms with Crippen LogP contribution in [0.5, 0.6) is 11.5 Å². The topological polar surface area (TPSA) is 97.3 Å². The Hall–Kier alpha value is -3.85. The van der Waals surface area contributed by atoms with Crippen molar-refractivity contribution in [2.45, 2.75) is 18.7 Å². The molecule has 3 aromatic rings. The predicted octanol–water partition coefficient (Wildman–Crippen LogP) is 3.42. The van der Waals surface area contributed by atoms with Gasteiger partial charge in [-0.3, -0.25) is 9.10 Å². The Morgan fingerprint density at radius 3 is 2.53 bits per heavy atom. The fourth-order valence-corrected chi connectivity index (χ4v) is 4.89. The highest BCUT2D eigenvalue weighted by Crippen LogP contribution is 2.32. The summed E-state index contributed by atoms with van der Waals surface area (Å²) < 4.78 is 39.1. The van der Waals surface area contributed by atoms with E-state index in [1.54, 1.807) is 48.5 Å². The molecule has 0 unspecified atom stereocenters. The molecule has 1 N–H and O–H groups in total. The van der Waals surface area contributed by atoms with Crippen molar-refractivity contribution in [1.82, 2.24) is 5.43 Å². The van der Waals surface area contributed by atoms with E-state index < -0.39 is 22.5 Å². The van der Waals surface area contributed by atoms with E-state index in [2.05, 4.69) is 10.5 Å².